The minimum absolute atomic E-state index is 0.221. The summed E-state index contributed by atoms with van der Waals surface area (Å²) in [5.74, 6) is 0.440. The summed E-state index contributed by atoms with van der Waals surface area (Å²) in [6, 6.07) is 15.7. The molecular weight excluding hydrogens is 448 g/mol. The lowest BCUT2D eigenvalue weighted by atomic mass is 9.89. The molecule has 0 amide bonds. The van der Waals surface area contributed by atoms with Gasteiger partial charge in [0, 0.05) is 5.33 Å². The molecule has 160 valence electrons. The molecule has 1 atom stereocenters. The van der Waals surface area contributed by atoms with Gasteiger partial charge in [-0.1, -0.05) is 77.7 Å². The summed E-state index contributed by atoms with van der Waals surface area (Å²) in [7, 11) is -3.68. The van der Waals surface area contributed by atoms with Gasteiger partial charge in [-0.25, -0.2) is 0 Å². The highest BCUT2D eigenvalue weighted by molar-refractivity contribution is 9.09. The standard InChI is InChI=1S/C24H33BrO3S/c1-3-7-21-12-14-23(15-13-21)22(8-4-5-18-25)9-6-19-28-29(26,27)24-16-10-20(2)11-17-24/h10-17,22H,3-9,18-19H2,1-2H3. The molecule has 0 saturated carbocycles. The molecule has 0 aliphatic heterocycles. The number of benzene rings is 2. The smallest absolute Gasteiger partial charge is 0.266 e. The van der Waals surface area contributed by atoms with Crippen LogP contribution in [0.1, 0.15) is 68.1 Å². The van der Waals surface area contributed by atoms with E-state index >= 15 is 0 Å². The van der Waals surface area contributed by atoms with E-state index in [1.165, 1.54) is 11.1 Å². The van der Waals surface area contributed by atoms with E-state index in [1.54, 1.807) is 24.3 Å². The van der Waals surface area contributed by atoms with Gasteiger partial charge in [0.05, 0.1) is 11.5 Å². The minimum atomic E-state index is -3.68. The van der Waals surface area contributed by atoms with Crippen LogP contribution >= 0.6 is 15.9 Å². The van der Waals surface area contributed by atoms with Crippen molar-refractivity contribution in [3.63, 3.8) is 0 Å². The molecule has 0 aliphatic carbocycles. The Hall–Kier alpha value is -1.17. The van der Waals surface area contributed by atoms with Gasteiger partial charge in [-0.15, -0.1) is 0 Å². The van der Waals surface area contributed by atoms with E-state index in [-0.39, 0.29) is 11.5 Å². The largest absolute Gasteiger partial charge is 0.296 e. The number of hydrogen-bond acceptors (Lipinski definition) is 3. The second-order valence-electron chi connectivity index (χ2n) is 7.60. The Morgan fingerprint density at radius 1 is 0.931 bits per heavy atom. The molecule has 0 fully saturated rings. The van der Waals surface area contributed by atoms with Gasteiger partial charge in [0.25, 0.3) is 10.1 Å². The van der Waals surface area contributed by atoms with E-state index in [0.717, 1.165) is 55.8 Å². The van der Waals surface area contributed by atoms with Crippen LogP contribution in [0.5, 0.6) is 0 Å². The van der Waals surface area contributed by atoms with E-state index in [1.807, 2.05) is 6.92 Å². The van der Waals surface area contributed by atoms with E-state index in [9.17, 15) is 8.42 Å². The van der Waals surface area contributed by atoms with E-state index in [2.05, 4.69) is 47.1 Å². The van der Waals surface area contributed by atoms with Gasteiger partial charge in [0.15, 0.2) is 0 Å². The molecule has 0 N–H and O–H groups in total. The first kappa shape index (κ1) is 24.1. The fraction of sp³-hybridized carbons (Fsp3) is 0.500. The number of hydrogen-bond donors (Lipinski definition) is 0. The van der Waals surface area contributed by atoms with Gasteiger partial charge < -0.3 is 0 Å². The van der Waals surface area contributed by atoms with Crippen LogP contribution in [-0.4, -0.2) is 20.4 Å². The lowest BCUT2D eigenvalue weighted by Gasteiger charge is -2.18. The van der Waals surface area contributed by atoms with Crippen molar-refractivity contribution in [2.45, 2.75) is 69.6 Å². The van der Waals surface area contributed by atoms with Crippen molar-refractivity contribution in [3.05, 3.63) is 65.2 Å². The molecule has 2 aromatic rings. The highest BCUT2D eigenvalue weighted by atomic mass is 79.9. The van der Waals surface area contributed by atoms with Crippen LogP contribution < -0.4 is 0 Å². The SMILES string of the molecule is CCCc1ccc(C(CCCCBr)CCCOS(=O)(=O)c2ccc(C)cc2)cc1. The van der Waals surface area contributed by atoms with Crippen molar-refractivity contribution in [2.24, 2.45) is 0 Å². The van der Waals surface area contributed by atoms with Gasteiger partial charge in [-0.05, 0) is 68.2 Å². The van der Waals surface area contributed by atoms with Crippen molar-refractivity contribution < 1.29 is 12.6 Å². The van der Waals surface area contributed by atoms with Crippen LogP contribution in [0.25, 0.3) is 0 Å². The fourth-order valence-electron chi connectivity index (χ4n) is 3.48. The fourth-order valence-corrected chi connectivity index (χ4v) is 4.82. The zero-order valence-corrected chi connectivity index (χ0v) is 20.0. The average Bonchev–Trinajstić information content (AvgIpc) is 2.71. The zero-order valence-electron chi connectivity index (χ0n) is 17.6. The topological polar surface area (TPSA) is 43.4 Å². The average molecular weight is 481 g/mol. The molecule has 29 heavy (non-hydrogen) atoms. The first-order valence-electron chi connectivity index (χ1n) is 10.6. The summed E-state index contributed by atoms with van der Waals surface area (Å²) in [6.45, 7) is 4.35. The summed E-state index contributed by atoms with van der Waals surface area (Å²) in [4.78, 5) is 0.225. The lowest BCUT2D eigenvalue weighted by Crippen LogP contribution is -2.09. The first-order chi connectivity index (χ1) is 14.0. The van der Waals surface area contributed by atoms with Crippen molar-refractivity contribution in [2.75, 3.05) is 11.9 Å². The van der Waals surface area contributed by atoms with E-state index < -0.39 is 10.1 Å². The molecule has 0 aliphatic rings. The quantitative estimate of drug-likeness (QED) is 0.180. The van der Waals surface area contributed by atoms with Crippen molar-refractivity contribution >= 4 is 26.0 Å². The molecule has 0 saturated heterocycles. The van der Waals surface area contributed by atoms with Gasteiger partial charge in [-0.2, -0.15) is 8.42 Å². The Balaban J connectivity index is 1.92. The van der Waals surface area contributed by atoms with Crippen molar-refractivity contribution in [1.29, 1.82) is 0 Å². The summed E-state index contributed by atoms with van der Waals surface area (Å²) < 4.78 is 30.0. The van der Waals surface area contributed by atoms with Gasteiger partial charge in [-0.3, -0.25) is 4.18 Å². The van der Waals surface area contributed by atoms with Gasteiger partial charge in [0.2, 0.25) is 0 Å². The van der Waals surface area contributed by atoms with Crippen molar-refractivity contribution in [3.8, 4) is 0 Å². The molecule has 3 nitrogen and oxygen atoms in total. The third-order valence-electron chi connectivity index (χ3n) is 5.17. The number of halogens is 1. The van der Waals surface area contributed by atoms with Crippen molar-refractivity contribution in [1.82, 2.24) is 0 Å². The number of aryl methyl sites for hydroxylation is 2. The monoisotopic (exact) mass is 480 g/mol. The van der Waals surface area contributed by atoms with Crippen LogP contribution in [0.15, 0.2) is 53.4 Å². The Bertz CT molecular complexity index is 814. The Kier molecular flexibility index (Phi) is 10.4. The van der Waals surface area contributed by atoms with Crippen LogP contribution in [0.4, 0.5) is 0 Å². The normalized spacial score (nSPS) is 12.8. The molecule has 1 unspecified atom stereocenters. The van der Waals surface area contributed by atoms with Crippen LogP contribution in [0.2, 0.25) is 0 Å². The predicted molar refractivity (Wildman–Crippen MR) is 124 cm³/mol. The van der Waals surface area contributed by atoms with E-state index in [0.29, 0.717) is 5.92 Å². The summed E-state index contributed by atoms with van der Waals surface area (Å²) in [5, 5.41) is 1.02. The first-order valence-corrected chi connectivity index (χ1v) is 13.1. The number of rotatable bonds is 13. The maximum atomic E-state index is 12.3. The summed E-state index contributed by atoms with van der Waals surface area (Å²) in [6.07, 6.45) is 7.35. The van der Waals surface area contributed by atoms with Crippen LogP contribution in [0, 0.1) is 6.92 Å². The molecule has 0 aromatic heterocycles. The third kappa shape index (κ3) is 8.23. The number of unbranched alkanes of at least 4 members (excludes halogenated alkanes) is 1. The highest BCUT2D eigenvalue weighted by Gasteiger charge is 2.16. The van der Waals surface area contributed by atoms with Crippen LogP contribution in [0.3, 0.4) is 0 Å². The Labute approximate surface area is 185 Å². The Morgan fingerprint density at radius 3 is 2.21 bits per heavy atom. The molecule has 0 spiro atoms. The minimum Gasteiger partial charge on any atom is -0.266 e. The third-order valence-corrected chi connectivity index (χ3v) is 7.06. The maximum absolute atomic E-state index is 12.3. The second kappa shape index (κ2) is 12.5. The lowest BCUT2D eigenvalue weighted by molar-refractivity contribution is 0.301. The maximum Gasteiger partial charge on any atom is 0.296 e. The zero-order chi connectivity index (χ0) is 21.1. The summed E-state index contributed by atoms with van der Waals surface area (Å²) in [5.41, 5.74) is 3.75. The molecular formula is C24H33BrO3S. The van der Waals surface area contributed by atoms with Gasteiger partial charge in [0.1, 0.15) is 0 Å². The molecule has 0 bridgehead atoms. The molecule has 2 rings (SSSR count). The Morgan fingerprint density at radius 2 is 1.59 bits per heavy atom. The highest BCUT2D eigenvalue weighted by Crippen LogP contribution is 2.28. The molecule has 0 heterocycles. The van der Waals surface area contributed by atoms with Crippen LogP contribution in [-0.2, 0) is 20.7 Å². The van der Waals surface area contributed by atoms with E-state index in [4.69, 9.17) is 4.18 Å². The summed E-state index contributed by atoms with van der Waals surface area (Å²) >= 11 is 3.51. The molecule has 5 heteroatoms. The molecule has 0 radical (unpaired) electrons. The number of alkyl halides is 1. The molecule has 2 aromatic carbocycles. The predicted octanol–water partition coefficient (Wildman–Crippen LogP) is 6.78. The second-order valence-corrected chi connectivity index (χ2v) is 10.0. The van der Waals surface area contributed by atoms with Gasteiger partial charge >= 0.3 is 0 Å².